The Morgan fingerprint density at radius 3 is 2.17 bits per heavy atom. The zero-order valence-corrected chi connectivity index (χ0v) is 32.7. The van der Waals surface area contributed by atoms with E-state index in [1.54, 1.807) is 32.9 Å². The molecule has 1 aromatic carbocycles. The van der Waals surface area contributed by atoms with Gasteiger partial charge in [-0.15, -0.1) is 0 Å². The predicted octanol–water partition coefficient (Wildman–Crippen LogP) is 3.13. The Balaban J connectivity index is 2.43. The standard InChI is InChI=1S/C36H52ClN3O14/c1-21(41)40-29-27(50-22(2)42)19-36(33(46)48-8,49-17-12-10-9-11-16-38-34(47)54-35(5,6)7)53-31(29)30(52-24(4)44)28(51-23(3)43)20-39-32(45)25-14-13-15-26(37)18-25/h13-15,18,27-31H,9-12,16-17,19-20H2,1-8H3,(H,38,47)(H,39,45)(H,40,41)/t27-,28+,29+,30+,31+,36+/m0/s1. The van der Waals surface area contributed by atoms with Gasteiger partial charge in [-0.05, 0) is 51.8 Å². The highest BCUT2D eigenvalue weighted by molar-refractivity contribution is 6.30. The van der Waals surface area contributed by atoms with Crippen molar-refractivity contribution in [1.82, 2.24) is 16.0 Å². The molecule has 6 atom stereocenters. The summed E-state index contributed by atoms with van der Waals surface area (Å²) in [6.45, 7) is 9.58. The summed E-state index contributed by atoms with van der Waals surface area (Å²) in [6, 6.07) is 4.72. The molecule has 17 nitrogen and oxygen atoms in total. The van der Waals surface area contributed by atoms with Crippen LogP contribution in [0, 0.1) is 0 Å². The maximum Gasteiger partial charge on any atom is 0.407 e. The molecule has 302 valence electrons. The van der Waals surface area contributed by atoms with E-state index >= 15 is 0 Å². The number of alkyl carbamates (subject to hydrolysis) is 1. The van der Waals surface area contributed by atoms with E-state index in [0.717, 1.165) is 27.9 Å². The third-order valence-electron chi connectivity index (χ3n) is 7.67. The number of benzene rings is 1. The van der Waals surface area contributed by atoms with E-state index in [2.05, 4.69) is 16.0 Å². The summed E-state index contributed by atoms with van der Waals surface area (Å²) in [4.78, 5) is 88.4. The highest BCUT2D eigenvalue weighted by Crippen LogP contribution is 2.37. The predicted molar refractivity (Wildman–Crippen MR) is 191 cm³/mol. The van der Waals surface area contributed by atoms with Gasteiger partial charge in [-0.1, -0.05) is 30.5 Å². The molecule has 2 rings (SSSR count). The van der Waals surface area contributed by atoms with Crippen molar-refractivity contribution >= 4 is 53.4 Å². The number of carbonyl (C=O) groups excluding carboxylic acids is 7. The Hall–Kier alpha value is -4.48. The van der Waals surface area contributed by atoms with Crippen LogP contribution in [0.4, 0.5) is 4.79 Å². The summed E-state index contributed by atoms with van der Waals surface area (Å²) < 4.78 is 39.5. The monoisotopic (exact) mass is 785 g/mol. The molecule has 0 unspecified atom stereocenters. The van der Waals surface area contributed by atoms with Gasteiger partial charge >= 0.3 is 30.0 Å². The number of amides is 3. The van der Waals surface area contributed by atoms with Gasteiger partial charge in [-0.2, -0.15) is 0 Å². The van der Waals surface area contributed by atoms with Crippen molar-refractivity contribution < 1.29 is 66.7 Å². The van der Waals surface area contributed by atoms with Crippen molar-refractivity contribution in [2.75, 3.05) is 26.8 Å². The lowest BCUT2D eigenvalue weighted by molar-refractivity contribution is -0.313. The Labute approximate surface area is 319 Å². The van der Waals surface area contributed by atoms with Crippen LogP contribution >= 0.6 is 11.6 Å². The molecular formula is C36H52ClN3O14. The van der Waals surface area contributed by atoms with E-state index in [9.17, 15) is 33.6 Å². The van der Waals surface area contributed by atoms with Crippen LogP contribution in [-0.2, 0) is 57.1 Å². The fourth-order valence-electron chi connectivity index (χ4n) is 5.62. The van der Waals surface area contributed by atoms with E-state index in [1.165, 1.54) is 19.1 Å². The zero-order valence-electron chi connectivity index (χ0n) is 31.9. The Kier molecular flexibility index (Phi) is 18.1. The number of methoxy groups -OCH3 is 1. The first-order valence-corrected chi connectivity index (χ1v) is 17.8. The molecule has 54 heavy (non-hydrogen) atoms. The molecule has 3 amide bonds. The summed E-state index contributed by atoms with van der Waals surface area (Å²) in [5.74, 6) is -7.06. The number of carbonyl (C=O) groups is 7. The molecule has 0 saturated carbocycles. The highest BCUT2D eigenvalue weighted by Gasteiger charge is 2.59. The fraction of sp³-hybridized carbons (Fsp3) is 0.639. The Bertz CT molecular complexity index is 1480. The molecule has 0 bridgehead atoms. The van der Waals surface area contributed by atoms with Crippen LogP contribution in [0.15, 0.2) is 24.3 Å². The van der Waals surface area contributed by atoms with Gasteiger partial charge in [0.2, 0.25) is 5.91 Å². The minimum absolute atomic E-state index is 0.0692. The largest absolute Gasteiger partial charge is 0.465 e. The van der Waals surface area contributed by atoms with Crippen LogP contribution in [0.2, 0.25) is 5.02 Å². The van der Waals surface area contributed by atoms with Crippen molar-refractivity contribution in [1.29, 1.82) is 0 Å². The molecule has 1 fully saturated rings. The average molecular weight is 786 g/mol. The third-order valence-corrected chi connectivity index (χ3v) is 7.90. The van der Waals surface area contributed by atoms with Gasteiger partial charge in [0, 0.05) is 44.8 Å². The lowest BCUT2D eigenvalue weighted by Gasteiger charge is -2.48. The van der Waals surface area contributed by atoms with Crippen LogP contribution in [-0.4, -0.2) is 110 Å². The molecule has 0 spiro atoms. The molecule has 1 aliphatic heterocycles. The first kappa shape index (κ1) is 45.7. The van der Waals surface area contributed by atoms with Gasteiger partial charge in [-0.3, -0.25) is 24.0 Å². The Morgan fingerprint density at radius 1 is 0.926 bits per heavy atom. The number of nitrogens with one attached hydrogen (secondary N) is 3. The minimum atomic E-state index is -2.28. The summed E-state index contributed by atoms with van der Waals surface area (Å²) in [5.41, 5.74) is -0.452. The van der Waals surface area contributed by atoms with Crippen LogP contribution in [0.1, 0.15) is 90.9 Å². The summed E-state index contributed by atoms with van der Waals surface area (Å²) in [7, 11) is 1.08. The quantitative estimate of drug-likeness (QED) is 0.111. The van der Waals surface area contributed by atoms with Crippen molar-refractivity contribution in [3.63, 3.8) is 0 Å². The van der Waals surface area contributed by atoms with Gasteiger partial charge in [0.25, 0.3) is 11.7 Å². The van der Waals surface area contributed by atoms with E-state index < -0.39 is 96.6 Å². The van der Waals surface area contributed by atoms with Crippen LogP contribution in [0.25, 0.3) is 0 Å². The molecule has 1 heterocycles. The van der Waals surface area contributed by atoms with Gasteiger partial charge in [-0.25, -0.2) is 9.59 Å². The molecule has 3 N–H and O–H groups in total. The normalized spacial score (nSPS) is 20.6. The maximum atomic E-state index is 13.5. The molecular weight excluding hydrogens is 734 g/mol. The molecule has 1 aromatic rings. The molecule has 1 aliphatic rings. The van der Waals surface area contributed by atoms with Gasteiger partial charge in [0.15, 0.2) is 12.2 Å². The summed E-state index contributed by atoms with van der Waals surface area (Å²) in [6.07, 6.45) is -4.75. The van der Waals surface area contributed by atoms with Gasteiger partial charge < -0.3 is 49.1 Å². The second-order valence-corrected chi connectivity index (χ2v) is 14.0. The second kappa shape index (κ2) is 21.4. The number of ether oxygens (including phenoxy) is 7. The average Bonchev–Trinajstić information content (AvgIpc) is 3.05. The third kappa shape index (κ3) is 15.5. The van der Waals surface area contributed by atoms with E-state index in [4.69, 9.17) is 44.8 Å². The number of unbranched alkanes of at least 4 members (excludes halogenated alkanes) is 3. The lowest BCUT2D eigenvalue weighted by atomic mass is 9.87. The number of rotatable bonds is 18. The van der Waals surface area contributed by atoms with Crippen LogP contribution < -0.4 is 16.0 Å². The molecule has 1 saturated heterocycles. The minimum Gasteiger partial charge on any atom is -0.465 e. The van der Waals surface area contributed by atoms with Crippen LogP contribution in [0.5, 0.6) is 0 Å². The lowest BCUT2D eigenvalue weighted by Crippen LogP contribution is -2.69. The second-order valence-electron chi connectivity index (χ2n) is 13.5. The van der Waals surface area contributed by atoms with E-state index in [1.807, 2.05) is 0 Å². The van der Waals surface area contributed by atoms with Crippen molar-refractivity contribution in [3.05, 3.63) is 34.9 Å². The molecule has 0 radical (unpaired) electrons. The highest BCUT2D eigenvalue weighted by atomic mass is 35.5. The topological polar surface area (TPSA) is 220 Å². The first-order valence-electron chi connectivity index (χ1n) is 17.5. The number of hydrogen-bond donors (Lipinski definition) is 3. The van der Waals surface area contributed by atoms with Gasteiger partial charge in [0.1, 0.15) is 17.8 Å². The van der Waals surface area contributed by atoms with Gasteiger partial charge in [0.05, 0.1) is 32.7 Å². The van der Waals surface area contributed by atoms with Crippen LogP contribution in [0.3, 0.4) is 0 Å². The number of hydrogen-bond acceptors (Lipinski definition) is 14. The SMILES string of the molecule is COC(=O)[C@@]1(OCCCCCCNC(=O)OC(C)(C)C)C[C@H](OC(C)=O)[C@@H](NC(C)=O)[C@H]([C@H](OC(C)=O)[C@@H](CNC(=O)c2cccc(Cl)c2)OC(C)=O)O1. The smallest absolute Gasteiger partial charge is 0.407 e. The Morgan fingerprint density at radius 2 is 1.59 bits per heavy atom. The van der Waals surface area contributed by atoms with Crippen molar-refractivity contribution in [3.8, 4) is 0 Å². The first-order chi connectivity index (χ1) is 25.3. The fourth-order valence-corrected chi connectivity index (χ4v) is 5.81. The van der Waals surface area contributed by atoms with Crippen molar-refractivity contribution in [2.45, 2.75) is 122 Å². The number of halogens is 1. The molecule has 0 aromatic heterocycles. The maximum absolute atomic E-state index is 13.5. The van der Waals surface area contributed by atoms with E-state index in [0.29, 0.717) is 32.2 Å². The molecule has 18 heteroatoms. The summed E-state index contributed by atoms with van der Waals surface area (Å²) in [5, 5.41) is 8.22. The zero-order chi connectivity index (χ0) is 40.6. The number of esters is 4. The van der Waals surface area contributed by atoms with E-state index in [-0.39, 0.29) is 17.2 Å². The summed E-state index contributed by atoms with van der Waals surface area (Å²) >= 11 is 6.04. The van der Waals surface area contributed by atoms with Crippen molar-refractivity contribution in [2.24, 2.45) is 0 Å². The molecule has 0 aliphatic carbocycles.